The van der Waals surface area contributed by atoms with Crippen molar-refractivity contribution < 1.29 is 58.2 Å². The van der Waals surface area contributed by atoms with Gasteiger partial charge >= 0.3 is 23.9 Å². The van der Waals surface area contributed by atoms with Crippen molar-refractivity contribution in [3.8, 4) is 0 Å². The van der Waals surface area contributed by atoms with Crippen molar-refractivity contribution in [2.24, 2.45) is 0 Å². The fraction of sp³-hybridized carbons (Fsp3) is 0.662. The molecule has 0 aromatic carbocycles. The van der Waals surface area contributed by atoms with Gasteiger partial charge in [-0.2, -0.15) is 0 Å². The van der Waals surface area contributed by atoms with Gasteiger partial charge in [-0.25, -0.2) is 4.79 Å². The molecule has 3 N–H and O–H groups in total. The van der Waals surface area contributed by atoms with E-state index in [2.05, 4.69) is 130 Å². The summed E-state index contributed by atoms with van der Waals surface area (Å²) in [5.74, 6) is -3.23. The molecule has 77 heavy (non-hydrogen) atoms. The molecule has 0 radical (unpaired) electrons. The molecule has 0 aromatic rings. The normalized spacial score (nSPS) is 18.8. The Morgan fingerprint density at radius 2 is 0.818 bits per heavy atom. The van der Waals surface area contributed by atoms with E-state index in [0.717, 1.165) is 128 Å². The summed E-state index contributed by atoms with van der Waals surface area (Å²) in [5.41, 5.74) is 0. The van der Waals surface area contributed by atoms with Crippen molar-refractivity contribution in [1.82, 2.24) is 0 Å². The van der Waals surface area contributed by atoms with Crippen LogP contribution in [0.1, 0.15) is 226 Å². The molecule has 12 heteroatoms. The van der Waals surface area contributed by atoms with Crippen LogP contribution >= 0.6 is 0 Å². The zero-order valence-electron chi connectivity index (χ0n) is 47.9. The Bertz CT molecular complexity index is 1750. The van der Waals surface area contributed by atoms with Gasteiger partial charge in [0.05, 0.1) is 6.61 Å². The van der Waals surface area contributed by atoms with Crippen LogP contribution in [0.3, 0.4) is 0 Å². The zero-order chi connectivity index (χ0) is 56.1. The van der Waals surface area contributed by atoms with E-state index >= 15 is 0 Å². The predicted molar refractivity (Wildman–Crippen MR) is 312 cm³/mol. The molecular formula is C65H104O12. The standard InChI is InChI=1S/C65H104O12/c1-4-7-10-13-16-19-22-25-27-28-29-30-32-35-38-41-44-47-50-53-59(68)76-63-61(70)60(69)62(64(71)72)77-65(63)74-55-56(75-58(67)52-49-46-43-40-37-33-24-21-18-15-12-9-6-3)54-73-57(66)51-48-45-42-39-36-34-31-26-23-20-17-14-11-8-5-2/h7,9-10,12,16,18-19,21,25-27,29-31,33,35,37-38,56,60-63,65,69-70H,4-6,8,11,13-15,17,20,22-24,28,32,34,36,39-55H2,1-3H3,(H,71,72)/b10-7-,12-9-,19-16-,21-18-,27-25-,30-29-,31-26-,37-33-,38-35-. The summed E-state index contributed by atoms with van der Waals surface area (Å²) in [5, 5.41) is 31.5. The van der Waals surface area contributed by atoms with E-state index in [-0.39, 0.29) is 25.9 Å². The van der Waals surface area contributed by atoms with E-state index in [4.69, 9.17) is 23.7 Å². The number of hydrogen-bond acceptors (Lipinski definition) is 11. The molecule has 1 fully saturated rings. The van der Waals surface area contributed by atoms with Gasteiger partial charge in [0.2, 0.25) is 0 Å². The van der Waals surface area contributed by atoms with Gasteiger partial charge < -0.3 is 39.0 Å². The Balaban J connectivity index is 2.73. The highest BCUT2D eigenvalue weighted by atomic mass is 16.7. The first-order valence-electron chi connectivity index (χ1n) is 29.9. The molecule has 12 nitrogen and oxygen atoms in total. The van der Waals surface area contributed by atoms with E-state index in [1.165, 1.54) is 38.5 Å². The van der Waals surface area contributed by atoms with Crippen LogP contribution in [0.4, 0.5) is 0 Å². The maximum Gasteiger partial charge on any atom is 0.335 e. The highest BCUT2D eigenvalue weighted by Crippen LogP contribution is 2.26. The number of hydrogen-bond donors (Lipinski definition) is 3. The van der Waals surface area contributed by atoms with Crippen LogP contribution in [0.15, 0.2) is 109 Å². The van der Waals surface area contributed by atoms with Gasteiger partial charge in [-0.05, 0) is 122 Å². The van der Waals surface area contributed by atoms with Crippen LogP contribution in [0.2, 0.25) is 0 Å². The number of unbranched alkanes of at least 4 members (excludes halogenated alkanes) is 17. The third-order valence-corrected chi connectivity index (χ3v) is 12.8. The highest BCUT2D eigenvalue weighted by molar-refractivity contribution is 5.74. The lowest BCUT2D eigenvalue weighted by atomic mass is 9.98. The van der Waals surface area contributed by atoms with Gasteiger partial charge in [-0.15, -0.1) is 0 Å². The molecular weight excluding hydrogens is 973 g/mol. The lowest BCUT2D eigenvalue weighted by molar-refractivity contribution is -0.301. The van der Waals surface area contributed by atoms with Crippen molar-refractivity contribution in [2.75, 3.05) is 13.2 Å². The second kappa shape index (κ2) is 52.1. The minimum atomic E-state index is -1.93. The molecule has 0 spiro atoms. The van der Waals surface area contributed by atoms with Crippen LogP contribution < -0.4 is 0 Å². The number of carbonyl (C=O) groups is 4. The number of allylic oxidation sites excluding steroid dienone is 18. The first-order chi connectivity index (χ1) is 37.6. The van der Waals surface area contributed by atoms with E-state index < -0.39 is 67.3 Å². The number of aliphatic hydroxyl groups is 2. The monoisotopic (exact) mass is 1080 g/mol. The molecule has 1 aliphatic heterocycles. The van der Waals surface area contributed by atoms with E-state index in [1.807, 2.05) is 0 Å². The minimum Gasteiger partial charge on any atom is -0.479 e. The molecule has 1 saturated heterocycles. The lowest BCUT2D eigenvalue weighted by Gasteiger charge is -2.40. The summed E-state index contributed by atoms with van der Waals surface area (Å²) in [6.45, 7) is 5.70. The molecule has 1 rings (SSSR count). The van der Waals surface area contributed by atoms with E-state index in [1.54, 1.807) is 0 Å². The summed E-state index contributed by atoms with van der Waals surface area (Å²) in [6.07, 6.45) is 57.7. The second-order valence-electron chi connectivity index (χ2n) is 19.9. The Kier molecular flexibility index (Phi) is 47.6. The van der Waals surface area contributed by atoms with Gasteiger partial charge in [0.1, 0.15) is 18.8 Å². The number of ether oxygens (including phenoxy) is 5. The maximum atomic E-state index is 13.1. The minimum absolute atomic E-state index is 0.0117. The van der Waals surface area contributed by atoms with Gasteiger partial charge in [-0.3, -0.25) is 14.4 Å². The first-order valence-corrected chi connectivity index (χ1v) is 29.9. The number of esters is 3. The van der Waals surface area contributed by atoms with Gasteiger partial charge in [0, 0.05) is 19.3 Å². The highest BCUT2D eigenvalue weighted by Gasteiger charge is 2.50. The topological polar surface area (TPSA) is 175 Å². The van der Waals surface area contributed by atoms with Crippen LogP contribution in [0, 0.1) is 0 Å². The third-order valence-electron chi connectivity index (χ3n) is 12.8. The Morgan fingerprint density at radius 1 is 0.442 bits per heavy atom. The number of carboxylic acid groups (broad SMARTS) is 1. The molecule has 0 aromatic heterocycles. The van der Waals surface area contributed by atoms with Crippen LogP contribution in [0.25, 0.3) is 0 Å². The summed E-state index contributed by atoms with van der Waals surface area (Å²) in [4.78, 5) is 51.1. The van der Waals surface area contributed by atoms with Crippen molar-refractivity contribution in [3.05, 3.63) is 109 Å². The largest absolute Gasteiger partial charge is 0.479 e. The van der Waals surface area contributed by atoms with E-state index in [9.17, 15) is 34.5 Å². The number of aliphatic hydroxyl groups excluding tert-OH is 2. The van der Waals surface area contributed by atoms with Gasteiger partial charge in [0.25, 0.3) is 0 Å². The number of aliphatic carboxylic acids is 1. The fourth-order valence-electron chi connectivity index (χ4n) is 8.28. The quantitative estimate of drug-likeness (QED) is 0.0228. The summed E-state index contributed by atoms with van der Waals surface area (Å²) >= 11 is 0. The number of carbonyl (C=O) groups excluding carboxylic acids is 3. The first kappa shape index (κ1) is 70.4. The van der Waals surface area contributed by atoms with Crippen molar-refractivity contribution in [3.63, 3.8) is 0 Å². The summed E-state index contributed by atoms with van der Waals surface area (Å²) in [7, 11) is 0. The summed E-state index contributed by atoms with van der Waals surface area (Å²) < 4.78 is 28.4. The van der Waals surface area contributed by atoms with Crippen LogP contribution in [-0.2, 0) is 42.9 Å². The van der Waals surface area contributed by atoms with Crippen LogP contribution in [0.5, 0.6) is 0 Å². The molecule has 6 unspecified atom stereocenters. The Labute approximate surface area is 465 Å². The van der Waals surface area contributed by atoms with Crippen molar-refractivity contribution >= 4 is 23.9 Å². The predicted octanol–water partition coefficient (Wildman–Crippen LogP) is 15.4. The number of carboxylic acids is 1. The molecule has 0 bridgehead atoms. The van der Waals surface area contributed by atoms with Crippen molar-refractivity contribution in [2.45, 2.75) is 263 Å². The average molecular weight is 1080 g/mol. The lowest BCUT2D eigenvalue weighted by Crippen LogP contribution is -2.61. The number of rotatable bonds is 49. The third kappa shape index (κ3) is 42.1. The fourth-order valence-corrected chi connectivity index (χ4v) is 8.28. The van der Waals surface area contributed by atoms with Crippen molar-refractivity contribution in [1.29, 1.82) is 0 Å². The molecule has 0 amide bonds. The molecule has 436 valence electrons. The molecule has 6 atom stereocenters. The molecule has 1 heterocycles. The van der Waals surface area contributed by atoms with Gasteiger partial charge in [0.15, 0.2) is 24.6 Å². The molecule has 0 aliphatic carbocycles. The van der Waals surface area contributed by atoms with Crippen LogP contribution in [-0.4, -0.2) is 89.2 Å². The SMILES string of the molecule is CC/C=C\C/C=C\C/C=C\C/C=C\C/C=C\CCCCCC(=O)OC1C(OCC(COC(=O)CCCCCCC/C=C\CCCCCCCC)OC(=O)CCCCC/C=C\C/C=C\C/C=C\CC)OC(C(=O)O)C(O)C1O. The van der Waals surface area contributed by atoms with E-state index in [0.29, 0.717) is 19.3 Å². The molecule has 0 saturated carbocycles. The zero-order valence-corrected chi connectivity index (χ0v) is 47.9. The second-order valence-corrected chi connectivity index (χ2v) is 19.9. The average Bonchev–Trinajstić information content (AvgIpc) is 3.42. The smallest absolute Gasteiger partial charge is 0.335 e. The summed E-state index contributed by atoms with van der Waals surface area (Å²) in [6, 6.07) is 0. The Hall–Kier alpha value is -4.62. The Morgan fingerprint density at radius 3 is 1.27 bits per heavy atom. The maximum absolute atomic E-state index is 13.1. The molecule has 1 aliphatic rings. The van der Waals surface area contributed by atoms with Gasteiger partial charge in [-0.1, -0.05) is 194 Å².